The van der Waals surface area contributed by atoms with Crippen LogP contribution in [0.15, 0.2) is 36.5 Å². The number of nitrogens with zero attached hydrogens (tertiary/aromatic N) is 1. The van der Waals surface area contributed by atoms with Gasteiger partial charge in [-0.3, -0.25) is 4.98 Å². The number of benzene rings is 1. The van der Waals surface area contributed by atoms with Crippen molar-refractivity contribution in [1.29, 1.82) is 0 Å². The summed E-state index contributed by atoms with van der Waals surface area (Å²) in [4.78, 5) is 4.39. The number of pyridine rings is 1. The van der Waals surface area contributed by atoms with Crippen LogP contribution < -0.4 is 5.32 Å². The fourth-order valence-electron chi connectivity index (χ4n) is 2.25. The van der Waals surface area contributed by atoms with Crippen molar-refractivity contribution in [3.8, 4) is 0 Å². The average molecular weight is 214 g/mol. The third-order valence-corrected chi connectivity index (χ3v) is 2.99. The lowest BCUT2D eigenvalue weighted by Gasteiger charge is -2.22. The summed E-state index contributed by atoms with van der Waals surface area (Å²) >= 11 is 0. The van der Waals surface area contributed by atoms with Crippen molar-refractivity contribution in [2.24, 2.45) is 5.92 Å². The summed E-state index contributed by atoms with van der Waals surface area (Å²) in [6, 6.07) is 10.9. The Morgan fingerprint density at radius 2 is 1.94 bits per heavy atom. The van der Waals surface area contributed by atoms with Gasteiger partial charge >= 0.3 is 0 Å². The van der Waals surface area contributed by atoms with Crippen LogP contribution in [0.25, 0.3) is 10.9 Å². The number of nitrogens with one attached hydrogen (secondary N) is 1. The summed E-state index contributed by atoms with van der Waals surface area (Å²) in [5.41, 5.74) is 2.41. The molecule has 1 heterocycles. The lowest BCUT2D eigenvalue weighted by Crippen LogP contribution is -2.21. The number of hydrogen-bond donors (Lipinski definition) is 1. The normalized spacial score (nSPS) is 13.2. The van der Waals surface area contributed by atoms with Crippen LogP contribution in [-0.2, 0) is 0 Å². The topological polar surface area (TPSA) is 24.9 Å². The molecule has 0 fully saturated rings. The van der Waals surface area contributed by atoms with Crippen molar-refractivity contribution in [2.75, 3.05) is 7.05 Å². The fraction of sp³-hybridized carbons (Fsp3) is 0.357. The highest BCUT2D eigenvalue weighted by atomic mass is 14.9. The van der Waals surface area contributed by atoms with Gasteiger partial charge in [-0.05, 0) is 30.7 Å². The maximum Gasteiger partial charge on any atom is 0.0705 e. The Morgan fingerprint density at radius 3 is 2.62 bits per heavy atom. The van der Waals surface area contributed by atoms with E-state index >= 15 is 0 Å². The van der Waals surface area contributed by atoms with Crippen molar-refractivity contribution < 1.29 is 0 Å². The minimum atomic E-state index is 0.382. The van der Waals surface area contributed by atoms with E-state index in [1.165, 1.54) is 10.9 Å². The van der Waals surface area contributed by atoms with E-state index < -0.39 is 0 Å². The molecular formula is C14H18N2. The molecular weight excluding hydrogens is 196 g/mol. The number of aromatic nitrogens is 1. The molecule has 0 aliphatic rings. The molecule has 2 rings (SSSR count). The smallest absolute Gasteiger partial charge is 0.0705 e. The maximum absolute atomic E-state index is 4.39. The highest BCUT2D eigenvalue weighted by molar-refractivity contribution is 5.82. The summed E-state index contributed by atoms with van der Waals surface area (Å²) in [7, 11) is 2.01. The van der Waals surface area contributed by atoms with Crippen molar-refractivity contribution in [1.82, 2.24) is 10.3 Å². The van der Waals surface area contributed by atoms with E-state index in [4.69, 9.17) is 0 Å². The van der Waals surface area contributed by atoms with Gasteiger partial charge in [0.05, 0.1) is 5.52 Å². The zero-order chi connectivity index (χ0) is 11.5. The predicted molar refractivity (Wildman–Crippen MR) is 68.4 cm³/mol. The van der Waals surface area contributed by atoms with Gasteiger partial charge in [0, 0.05) is 17.6 Å². The molecule has 0 amide bonds. The van der Waals surface area contributed by atoms with Gasteiger partial charge in [-0.2, -0.15) is 0 Å². The van der Waals surface area contributed by atoms with Gasteiger partial charge < -0.3 is 5.32 Å². The van der Waals surface area contributed by atoms with E-state index in [0.29, 0.717) is 12.0 Å². The first-order chi connectivity index (χ1) is 7.74. The van der Waals surface area contributed by atoms with Crippen molar-refractivity contribution in [3.05, 3.63) is 42.1 Å². The maximum atomic E-state index is 4.39. The minimum absolute atomic E-state index is 0.382. The van der Waals surface area contributed by atoms with Crippen LogP contribution >= 0.6 is 0 Å². The molecule has 0 spiro atoms. The molecule has 1 aromatic carbocycles. The fourth-order valence-corrected chi connectivity index (χ4v) is 2.25. The molecule has 1 N–H and O–H groups in total. The first kappa shape index (κ1) is 11.1. The average Bonchev–Trinajstić information content (AvgIpc) is 2.30. The van der Waals surface area contributed by atoms with E-state index in [1.54, 1.807) is 0 Å². The Kier molecular flexibility index (Phi) is 3.20. The zero-order valence-corrected chi connectivity index (χ0v) is 10.1. The summed E-state index contributed by atoms with van der Waals surface area (Å²) in [6.45, 7) is 4.47. The second kappa shape index (κ2) is 4.62. The molecule has 2 nitrogen and oxygen atoms in total. The van der Waals surface area contributed by atoms with E-state index in [2.05, 4.69) is 48.4 Å². The molecule has 2 aromatic rings. The summed E-state index contributed by atoms with van der Waals surface area (Å²) < 4.78 is 0. The van der Waals surface area contributed by atoms with Crippen LogP contribution in [0.5, 0.6) is 0 Å². The molecule has 16 heavy (non-hydrogen) atoms. The molecule has 1 aromatic heterocycles. The van der Waals surface area contributed by atoms with Crippen LogP contribution in [0, 0.1) is 5.92 Å². The molecule has 1 atom stereocenters. The number of fused-ring (bicyclic) bond motifs is 1. The molecule has 0 radical (unpaired) electrons. The third-order valence-electron chi connectivity index (χ3n) is 2.99. The standard InChI is InChI=1S/C14H18N2/c1-10(2)14(15-3)12-6-4-8-13-11(12)7-5-9-16-13/h4-10,14-15H,1-3H3. The zero-order valence-electron chi connectivity index (χ0n) is 10.1. The molecule has 1 unspecified atom stereocenters. The van der Waals surface area contributed by atoms with Gasteiger partial charge in [0.2, 0.25) is 0 Å². The SMILES string of the molecule is CNC(c1cccc2ncccc12)C(C)C. The first-order valence-corrected chi connectivity index (χ1v) is 5.75. The summed E-state index contributed by atoms with van der Waals surface area (Å²) in [6.07, 6.45) is 1.84. The summed E-state index contributed by atoms with van der Waals surface area (Å²) in [5, 5.41) is 4.63. The summed E-state index contributed by atoms with van der Waals surface area (Å²) in [5.74, 6) is 0.566. The molecule has 2 heteroatoms. The first-order valence-electron chi connectivity index (χ1n) is 5.75. The Balaban J connectivity index is 2.59. The number of rotatable bonds is 3. The molecule has 0 aliphatic heterocycles. The quantitative estimate of drug-likeness (QED) is 0.849. The van der Waals surface area contributed by atoms with Gasteiger partial charge in [0.25, 0.3) is 0 Å². The Hall–Kier alpha value is -1.41. The van der Waals surface area contributed by atoms with Crippen LogP contribution in [0.1, 0.15) is 25.5 Å². The van der Waals surface area contributed by atoms with Crippen LogP contribution in [0.4, 0.5) is 0 Å². The monoisotopic (exact) mass is 214 g/mol. The Morgan fingerprint density at radius 1 is 1.12 bits per heavy atom. The minimum Gasteiger partial charge on any atom is -0.313 e. The van der Waals surface area contributed by atoms with Gasteiger partial charge in [0.15, 0.2) is 0 Å². The lowest BCUT2D eigenvalue weighted by molar-refractivity contribution is 0.446. The van der Waals surface area contributed by atoms with E-state index in [1.807, 2.05) is 19.3 Å². The Bertz CT molecular complexity index is 472. The number of hydrogen-bond acceptors (Lipinski definition) is 2. The third kappa shape index (κ3) is 1.93. The van der Waals surface area contributed by atoms with Crippen LogP contribution in [0.2, 0.25) is 0 Å². The van der Waals surface area contributed by atoms with E-state index in [9.17, 15) is 0 Å². The van der Waals surface area contributed by atoms with Gasteiger partial charge in [-0.15, -0.1) is 0 Å². The van der Waals surface area contributed by atoms with Crippen LogP contribution in [0.3, 0.4) is 0 Å². The second-order valence-electron chi connectivity index (χ2n) is 4.43. The second-order valence-corrected chi connectivity index (χ2v) is 4.43. The van der Waals surface area contributed by atoms with Crippen molar-refractivity contribution >= 4 is 10.9 Å². The van der Waals surface area contributed by atoms with Gasteiger partial charge in [-0.1, -0.05) is 32.0 Å². The van der Waals surface area contributed by atoms with Gasteiger partial charge in [-0.25, -0.2) is 0 Å². The highest BCUT2D eigenvalue weighted by Crippen LogP contribution is 2.27. The molecule has 84 valence electrons. The van der Waals surface area contributed by atoms with Crippen molar-refractivity contribution in [2.45, 2.75) is 19.9 Å². The van der Waals surface area contributed by atoms with Crippen molar-refractivity contribution in [3.63, 3.8) is 0 Å². The largest absolute Gasteiger partial charge is 0.313 e. The molecule has 0 bridgehead atoms. The van der Waals surface area contributed by atoms with Gasteiger partial charge in [0.1, 0.15) is 0 Å². The predicted octanol–water partition coefficient (Wildman–Crippen LogP) is 3.15. The highest BCUT2D eigenvalue weighted by Gasteiger charge is 2.15. The molecule has 0 saturated carbocycles. The Labute approximate surface area is 96.7 Å². The van der Waals surface area contributed by atoms with E-state index in [0.717, 1.165) is 5.52 Å². The lowest BCUT2D eigenvalue weighted by atomic mass is 9.93. The van der Waals surface area contributed by atoms with E-state index in [-0.39, 0.29) is 0 Å². The molecule has 0 saturated heterocycles. The molecule has 0 aliphatic carbocycles. The van der Waals surface area contributed by atoms with Crippen LogP contribution in [-0.4, -0.2) is 12.0 Å².